The van der Waals surface area contributed by atoms with Crippen molar-refractivity contribution in [3.63, 3.8) is 0 Å². The van der Waals surface area contributed by atoms with E-state index >= 15 is 0 Å². The van der Waals surface area contributed by atoms with Gasteiger partial charge in [-0.25, -0.2) is 0 Å². The Balaban J connectivity index is 1.85. The van der Waals surface area contributed by atoms with E-state index in [0.717, 1.165) is 25.9 Å². The van der Waals surface area contributed by atoms with Crippen LogP contribution >= 0.6 is 0 Å². The van der Waals surface area contributed by atoms with Crippen molar-refractivity contribution < 1.29 is 9.59 Å². The lowest BCUT2D eigenvalue weighted by molar-refractivity contribution is -0.129. The molecule has 1 aromatic rings. The smallest absolute Gasteiger partial charge is 0.268 e. The van der Waals surface area contributed by atoms with Gasteiger partial charge in [0, 0.05) is 38.3 Å². The first kappa shape index (κ1) is 15.4. The average Bonchev–Trinajstić information content (AvgIpc) is 3.07. The number of carbonyl (C=O) groups is 2. The lowest BCUT2D eigenvalue weighted by Crippen LogP contribution is -2.33. The molecule has 6 heteroatoms. The van der Waals surface area contributed by atoms with Gasteiger partial charge in [-0.05, 0) is 32.8 Å². The Labute approximate surface area is 125 Å². The van der Waals surface area contributed by atoms with Gasteiger partial charge in [0.05, 0.1) is 5.69 Å². The second-order valence-corrected chi connectivity index (χ2v) is 5.75. The molecule has 6 nitrogen and oxygen atoms in total. The summed E-state index contributed by atoms with van der Waals surface area (Å²) in [6.07, 6.45) is 4.27. The number of likely N-dealkylation sites (tertiary alicyclic amines) is 1. The summed E-state index contributed by atoms with van der Waals surface area (Å²) < 4.78 is 1.84. The molecule has 0 radical (unpaired) electrons. The fourth-order valence-electron chi connectivity index (χ4n) is 2.61. The molecule has 0 saturated carbocycles. The van der Waals surface area contributed by atoms with Crippen molar-refractivity contribution in [1.82, 2.24) is 14.8 Å². The number of hydrogen-bond donors (Lipinski definition) is 2. The molecule has 1 aromatic heterocycles. The van der Waals surface area contributed by atoms with Crippen LogP contribution in [0.2, 0.25) is 0 Å². The molecule has 2 heterocycles. The molecule has 3 N–H and O–H groups in total. The summed E-state index contributed by atoms with van der Waals surface area (Å²) in [5.41, 5.74) is 6.86. The second kappa shape index (κ2) is 6.65. The third-order valence-electron chi connectivity index (χ3n) is 3.74. The number of nitrogens with one attached hydrogen (secondary N) is 1. The molecule has 0 atom stereocenters. The predicted molar refractivity (Wildman–Crippen MR) is 82.0 cm³/mol. The van der Waals surface area contributed by atoms with Crippen molar-refractivity contribution in [3.05, 3.63) is 18.0 Å². The van der Waals surface area contributed by atoms with Gasteiger partial charge in [-0.1, -0.05) is 0 Å². The fourth-order valence-corrected chi connectivity index (χ4v) is 2.61. The van der Waals surface area contributed by atoms with Crippen LogP contribution in [-0.4, -0.2) is 40.9 Å². The zero-order chi connectivity index (χ0) is 15.4. The molecule has 0 unspecified atom stereocenters. The van der Waals surface area contributed by atoms with Gasteiger partial charge in [-0.2, -0.15) is 0 Å². The molecule has 0 spiro atoms. The zero-order valence-electron chi connectivity index (χ0n) is 12.8. The number of aromatic nitrogens is 1. The SMILES string of the molecule is CC(C)n1cc(N)cc1C(=O)NCCC(=O)N1CCCC1. The number of nitrogens with two attached hydrogens (primary N) is 1. The van der Waals surface area contributed by atoms with Gasteiger partial charge >= 0.3 is 0 Å². The predicted octanol–water partition coefficient (Wildman–Crippen LogP) is 1.39. The molecule has 0 bridgehead atoms. The molecular weight excluding hydrogens is 268 g/mol. The maximum atomic E-state index is 12.2. The van der Waals surface area contributed by atoms with Crippen molar-refractivity contribution in [2.45, 2.75) is 39.2 Å². The van der Waals surface area contributed by atoms with Gasteiger partial charge in [0.1, 0.15) is 5.69 Å². The summed E-state index contributed by atoms with van der Waals surface area (Å²) in [6, 6.07) is 1.83. The van der Waals surface area contributed by atoms with Gasteiger partial charge in [0.2, 0.25) is 5.91 Å². The Morgan fingerprint density at radius 1 is 1.33 bits per heavy atom. The number of carbonyl (C=O) groups excluding carboxylic acids is 2. The van der Waals surface area contributed by atoms with E-state index in [1.54, 1.807) is 12.3 Å². The van der Waals surface area contributed by atoms with Gasteiger partial charge in [-0.3, -0.25) is 9.59 Å². The van der Waals surface area contributed by atoms with Crippen LogP contribution in [0.15, 0.2) is 12.3 Å². The van der Waals surface area contributed by atoms with Crippen molar-refractivity contribution in [2.24, 2.45) is 0 Å². The van der Waals surface area contributed by atoms with E-state index in [1.165, 1.54) is 0 Å². The topological polar surface area (TPSA) is 80.4 Å². The summed E-state index contributed by atoms with van der Waals surface area (Å²) in [7, 11) is 0. The van der Waals surface area contributed by atoms with Crippen LogP contribution in [0.4, 0.5) is 5.69 Å². The Morgan fingerprint density at radius 3 is 2.62 bits per heavy atom. The van der Waals surface area contributed by atoms with Crippen LogP contribution in [0.25, 0.3) is 0 Å². The van der Waals surface area contributed by atoms with Crippen LogP contribution < -0.4 is 11.1 Å². The van der Waals surface area contributed by atoms with Crippen molar-refractivity contribution in [3.8, 4) is 0 Å². The first-order valence-electron chi connectivity index (χ1n) is 7.52. The summed E-state index contributed by atoms with van der Waals surface area (Å²) in [5, 5.41) is 2.80. The maximum absolute atomic E-state index is 12.2. The van der Waals surface area contributed by atoms with Crippen LogP contribution in [0.1, 0.15) is 49.6 Å². The summed E-state index contributed by atoms with van der Waals surface area (Å²) in [5.74, 6) is -0.0684. The highest BCUT2D eigenvalue weighted by atomic mass is 16.2. The fraction of sp³-hybridized carbons (Fsp3) is 0.600. The molecule has 1 saturated heterocycles. The summed E-state index contributed by atoms with van der Waals surface area (Å²) in [6.45, 7) is 6.04. The summed E-state index contributed by atoms with van der Waals surface area (Å²) in [4.78, 5) is 25.9. The first-order chi connectivity index (χ1) is 9.99. The van der Waals surface area contributed by atoms with E-state index in [4.69, 9.17) is 5.73 Å². The molecule has 1 aliphatic heterocycles. The van der Waals surface area contributed by atoms with E-state index in [0.29, 0.717) is 24.3 Å². The maximum Gasteiger partial charge on any atom is 0.268 e. The molecule has 1 aliphatic rings. The van der Waals surface area contributed by atoms with Gasteiger partial charge in [0.25, 0.3) is 5.91 Å². The molecule has 0 aliphatic carbocycles. The Morgan fingerprint density at radius 2 is 2.00 bits per heavy atom. The van der Waals surface area contributed by atoms with Crippen molar-refractivity contribution in [2.75, 3.05) is 25.4 Å². The van der Waals surface area contributed by atoms with Crippen molar-refractivity contribution >= 4 is 17.5 Å². The first-order valence-corrected chi connectivity index (χ1v) is 7.52. The zero-order valence-corrected chi connectivity index (χ0v) is 12.8. The molecule has 116 valence electrons. The number of nitrogen functional groups attached to an aromatic ring is 1. The average molecular weight is 292 g/mol. The van der Waals surface area contributed by atoms with E-state index in [9.17, 15) is 9.59 Å². The highest BCUT2D eigenvalue weighted by Crippen LogP contribution is 2.16. The molecule has 1 fully saturated rings. The molecule has 2 rings (SSSR count). The minimum Gasteiger partial charge on any atom is -0.397 e. The Kier molecular flexibility index (Phi) is 4.88. The van der Waals surface area contributed by atoms with E-state index in [1.807, 2.05) is 23.3 Å². The summed E-state index contributed by atoms with van der Waals surface area (Å²) >= 11 is 0. The lowest BCUT2D eigenvalue weighted by Gasteiger charge is -2.16. The van der Waals surface area contributed by atoms with Gasteiger partial charge in [-0.15, -0.1) is 0 Å². The monoisotopic (exact) mass is 292 g/mol. The highest BCUT2D eigenvalue weighted by Gasteiger charge is 2.18. The Bertz CT molecular complexity index is 516. The quantitative estimate of drug-likeness (QED) is 0.860. The van der Waals surface area contributed by atoms with Crippen LogP contribution in [-0.2, 0) is 4.79 Å². The molecular formula is C15H24N4O2. The minimum atomic E-state index is -0.186. The highest BCUT2D eigenvalue weighted by molar-refractivity contribution is 5.94. The number of anilines is 1. The van der Waals surface area contributed by atoms with Crippen LogP contribution in [0, 0.1) is 0 Å². The largest absolute Gasteiger partial charge is 0.397 e. The number of hydrogen-bond acceptors (Lipinski definition) is 3. The number of nitrogens with zero attached hydrogens (tertiary/aromatic N) is 2. The van der Waals surface area contributed by atoms with Crippen LogP contribution in [0.3, 0.4) is 0 Å². The van der Waals surface area contributed by atoms with Gasteiger partial charge in [0.15, 0.2) is 0 Å². The molecule has 2 amide bonds. The minimum absolute atomic E-state index is 0.117. The van der Waals surface area contributed by atoms with E-state index in [-0.39, 0.29) is 17.9 Å². The third kappa shape index (κ3) is 3.77. The number of rotatable bonds is 5. The Hall–Kier alpha value is -1.98. The molecule has 21 heavy (non-hydrogen) atoms. The lowest BCUT2D eigenvalue weighted by atomic mass is 10.3. The number of amides is 2. The van der Waals surface area contributed by atoms with E-state index in [2.05, 4.69) is 5.32 Å². The van der Waals surface area contributed by atoms with Crippen molar-refractivity contribution in [1.29, 1.82) is 0 Å². The van der Waals surface area contributed by atoms with E-state index < -0.39 is 0 Å². The third-order valence-corrected chi connectivity index (χ3v) is 3.74. The second-order valence-electron chi connectivity index (χ2n) is 5.75. The standard InChI is InChI=1S/C15H24N4O2/c1-11(2)19-10-12(16)9-13(19)15(21)17-6-5-14(20)18-7-3-4-8-18/h9-11H,3-8,16H2,1-2H3,(H,17,21). The van der Waals surface area contributed by atoms with Gasteiger partial charge < -0.3 is 20.5 Å². The molecule has 0 aromatic carbocycles. The van der Waals surface area contributed by atoms with Crippen LogP contribution in [0.5, 0.6) is 0 Å². The normalized spacial score (nSPS) is 14.7.